The number of amides is 1. The Morgan fingerprint density at radius 3 is 2.68 bits per heavy atom. The van der Waals surface area contributed by atoms with Gasteiger partial charge in [-0.25, -0.2) is 0 Å². The van der Waals surface area contributed by atoms with Crippen molar-refractivity contribution in [1.29, 1.82) is 0 Å². The summed E-state index contributed by atoms with van der Waals surface area (Å²) in [6, 6.07) is 10.1. The highest BCUT2D eigenvalue weighted by atomic mass is 16.2. The normalized spacial score (nSPS) is 10.4. The average molecular weight is 258 g/mol. The van der Waals surface area contributed by atoms with Crippen molar-refractivity contribution in [3.8, 4) is 0 Å². The number of nitrogens with zero attached hydrogens (tertiary/aromatic N) is 2. The molecule has 0 atom stereocenters. The van der Waals surface area contributed by atoms with Crippen LogP contribution in [0.25, 0.3) is 0 Å². The average Bonchev–Trinajstić information content (AvgIpc) is 2.86. The molecule has 0 saturated heterocycles. The molecule has 1 aromatic heterocycles. The molecule has 5 nitrogen and oxygen atoms in total. The van der Waals surface area contributed by atoms with Gasteiger partial charge in [0.1, 0.15) is 5.69 Å². The third-order valence-electron chi connectivity index (χ3n) is 3.06. The van der Waals surface area contributed by atoms with E-state index in [2.05, 4.69) is 22.3 Å². The van der Waals surface area contributed by atoms with E-state index in [1.165, 1.54) is 11.8 Å². The molecule has 1 heterocycles. The quantitative estimate of drug-likeness (QED) is 0.857. The van der Waals surface area contributed by atoms with Gasteiger partial charge in [-0.1, -0.05) is 30.3 Å². The second-order valence-electron chi connectivity index (χ2n) is 4.32. The number of benzene rings is 1. The van der Waals surface area contributed by atoms with E-state index in [1.807, 2.05) is 25.1 Å². The monoisotopic (exact) mass is 258 g/mol. The van der Waals surface area contributed by atoms with Crippen LogP contribution < -0.4 is 5.73 Å². The zero-order chi connectivity index (χ0) is 13.7. The van der Waals surface area contributed by atoms with Crippen LogP contribution in [0.2, 0.25) is 0 Å². The molecule has 0 radical (unpaired) electrons. The van der Waals surface area contributed by atoms with E-state index in [4.69, 9.17) is 5.73 Å². The first-order chi connectivity index (χ1) is 9.22. The zero-order valence-electron chi connectivity index (χ0n) is 11.0. The van der Waals surface area contributed by atoms with Crippen LogP contribution in [0.5, 0.6) is 0 Å². The van der Waals surface area contributed by atoms with Gasteiger partial charge in [0.05, 0.1) is 11.9 Å². The lowest BCUT2D eigenvalue weighted by Gasteiger charge is -2.20. The van der Waals surface area contributed by atoms with Crippen LogP contribution in [-0.4, -0.2) is 34.1 Å². The second-order valence-corrected chi connectivity index (χ2v) is 4.32. The molecular weight excluding hydrogens is 240 g/mol. The van der Waals surface area contributed by atoms with Crippen LogP contribution in [0.1, 0.15) is 23.0 Å². The maximum atomic E-state index is 12.3. The Bertz CT molecular complexity index is 535. The fraction of sp³-hybridized carbons (Fsp3) is 0.286. The summed E-state index contributed by atoms with van der Waals surface area (Å²) in [5.41, 5.74) is 7.68. The number of nitrogens with two attached hydrogens (primary N) is 1. The minimum absolute atomic E-state index is 0.103. The highest BCUT2D eigenvalue weighted by molar-refractivity contribution is 5.96. The number of likely N-dealkylation sites (N-methyl/N-ethyl adjacent to an activating group) is 1. The number of carbonyl (C=O) groups excluding carboxylic acids is 1. The number of aromatic amines is 1. The van der Waals surface area contributed by atoms with E-state index < -0.39 is 0 Å². The molecule has 0 aliphatic rings. The molecule has 0 aliphatic carbocycles. The van der Waals surface area contributed by atoms with Crippen molar-refractivity contribution < 1.29 is 4.79 Å². The van der Waals surface area contributed by atoms with E-state index in [9.17, 15) is 4.79 Å². The lowest BCUT2D eigenvalue weighted by atomic mass is 10.1. The second kappa shape index (κ2) is 6.04. The number of aromatic nitrogens is 2. The molecular formula is C14H18N4O. The van der Waals surface area contributed by atoms with Gasteiger partial charge in [-0.2, -0.15) is 5.10 Å². The van der Waals surface area contributed by atoms with Crippen molar-refractivity contribution >= 4 is 11.6 Å². The highest BCUT2D eigenvalue weighted by Crippen LogP contribution is 2.10. The van der Waals surface area contributed by atoms with Gasteiger partial charge in [0.15, 0.2) is 0 Å². The Kier molecular flexibility index (Phi) is 4.18. The topological polar surface area (TPSA) is 75.0 Å². The largest absolute Gasteiger partial charge is 0.396 e. The minimum atomic E-state index is -0.103. The predicted octanol–water partition coefficient (Wildman–Crippen LogP) is 1.70. The van der Waals surface area contributed by atoms with Gasteiger partial charge in [0.2, 0.25) is 0 Å². The molecule has 0 fully saturated rings. The van der Waals surface area contributed by atoms with Gasteiger partial charge < -0.3 is 10.6 Å². The van der Waals surface area contributed by atoms with Crippen LogP contribution in [0.4, 0.5) is 5.69 Å². The fourth-order valence-electron chi connectivity index (χ4n) is 1.94. The van der Waals surface area contributed by atoms with Crippen molar-refractivity contribution in [2.45, 2.75) is 13.3 Å². The first kappa shape index (κ1) is 13.1. The number of hydrogen-bond acceptors (Lipinski definition) is 3. The standard InChI is InChI=1S/C14H18N4O/c1-2-18(9-8-11-6-4-3-5-7-11)14(19)13-12(15)10-16-17-13/h3-7,10H,2,8-9,15H2,1H3,(H,16,17). The van der Waals surface area contributed by atoms with E-state index >= 15 is 0 Å². The molecule has 1 amide bonds. The van der Waals surface area contributed by atoms with Crippen molar-refractivity contribution in [3.05, 3.63) is 47.8 Å². The van der Waals surface area contributed by atoms with Gasteiger partial charge in [0, 0.05) is 13.1 Å². The zero-order valence-corrected chi connectivity index (χ0v) is 11.0. The summed E-state index contributed by atoms with van der Waals surface area (Å²) >= 11 is 0. The summed E-state index contributed by atoms with van der Waals surface area (Å²) in [6.45, 7) is 3.26. The van der Waals surface area contributed by atoms with Crippen LogP contribution in [0.3, 0.4) is 0 Å². The van der Waals surface area contributed by atoms with E-state index in [0.29, 0.717) is 24.5 Å². The summed E-state index contributed by atoms with van der Waals surface area (Å²) in [5.74, 6) is -0.103. The number of nitrogens with one attached hydrogen (secondary N) is 1. The molecule has 0 saturated carbocycles. The number of rotatable bonds is 5. The third kappa shape index (κ3) is 3.13. The Labute approximate surface area is 112 Å². The van der Waals surface area contributed by atoms with Gasteiger partial charge in [-0.3, -0.25) is 9.89 Å². The Morgan fingerprint density at radius 2 is 2.11 bits per heavy atom. The number of hydrogen-bond donors (Lipinski definition) is 2. The van der Waals surface area contributed by atoms with Gasteiger partial charge in [0.25, 0.3) is 5.91 Å². The smallest absolute Gasteiger partial charge is 0.274 e. The van der Waals surface area contributed by atoms with E-state index in [1.54, 1.807) is 4.90 Å². The Balaban J connectivity index is 2.01. The van der Waals surface area contributed by atoms with E-state index in [-0.39, 0.29) is 5.91 Å². The first-order valence-corrected chi connectivity index (χ1v) is 6.34. The summed E-state index contributed by atoms with van der Waals surface area (Å²) in [4.78, 5) is 14.0. The van der Waals surface area contributed by atoms with Crippen molar-refractivity contribution in [2.75, 3.05) is 18.8 Å². The maximum Gasteiger partial charge on any atom is 0.274 e. The molecule has 0 bridgehead atoms. The van der Waals surface area contributed by atoms with Crippen LogP contribution >= 0.6 is 0 Å². The molecule has 0 aliphatic heterocycles. The number of H-pyrrole nitrogens is 1. The first-order valence-electron chi connectivity index (χ1n) is 6.34. The van der Waals surface area contributed by atoms with Gasteiger partial charge in [-0.15, -0.1) is 0 Å². The van der Waals surface area contributed by atoms with Crippen LogP contribution in [-0.2, 0) is 6.42 Å². The fourth-order valence-corrected chi connectivity index (χ4v) is 1.94. The summed E-state index contributed by atoms with van der Waals surface area (Å²) < 4.78 is 0. The highest BCUT2D eigenvalue weighted by Gasteiger charge is 2.18. The molecule has 2 aromatic rings. The molecule has 3 N–H and O–H groups in total. The third-order valence-corrected chi connectivity index (χ3v) is 3.06. The van der Waals surface area contributed by atoms with Crippen molar-refractivity contribution in [3.63, 3.8) is 0 Å². The summed E-state index contributed by atoms with van der Waals surface area (Å²) in [7, 11) is 0. The van der Waals surface area contributed by atoms with Gasteiger partial charge in [-0.05, 0) is 18.9 Å². The maximum absolute atomic E-state index is 12.3. The van der Waals surface area contributed by atoms with E-state index in [0.717, 1.165) is 6.42 Å². The SMILES string of the molecule is CCN(CCc1ccccc1)C(=O)c1[nH]ncc1N. The molecule has 2 rings (SSSR count). The molecule has 0 spiro atoms. The Morgan fingerprint density at radius 1 is 1.37 bits per heavy atom. The molecule has 0 unspecified atom stereocenters. The molecule has 1 aromatic carbocycles. The number of nitrogen functional groups attached to an aromatic ring is 1. The van der Waals surface area contributed by atoms with Gasteiger partial charge >= 0.3 is 0 Å². The summed E-state index contributed by atoms with van der Waals surface area (Å²) in [6.07, 6.45) is 2.28. The lowest BCUT2D eigenvalue weighted by Crippen LogP contribution is -2.33. The molecule has 5 heteroatoms. The minimum Gasteiger partial charge on any atom is -0.396 e. The van der Waals surface area contributed by atoms with Crippen LogP contribution in [0, 0.1) is 0 Å². The lowest BCUT2D eigenvalue weighted by molar-refractivity contribution is 0.0761. The summed E-state index contributed by atoms with van der Waals surface area (Å²) in [5, 5.41) is 6.43. The van der Waals surface area contributed by atoms with Crippen molar-refractivity contribution in [2.24, 2.45) is 0 Å². The molecule has 100 valence electrons. The Hall–Kier alpha value is -2.30. The van der Waals surface area contributed by atoms with Crippen molar-refractivity contribution in [1.82, 2.24) is 15.1 Å². The molecule has 19 heavy (non-hydrogen) atoms. The number of anilines is 1. The number of carbonyl (C=O) groups is 1. The predicted molar refractivity (Wildman–Crippen MR) is 74.7 cm³/mol. The van der Waals surface area contributed by atoms with Crippen LogP contribution in [0.15, 0.2) is 36.5 Å².